The lowest BCUT2D eigenvalue weighted by molar-refractivity contribution is -0.0253. The zero-order valence-corrected chi connectivity index (χ0v) is 10.0. The summed E-state index contributed by atoms with van der Waals surface area (Å²) in [6.45, 7) is 9.79. The number of nitrogens with one attached hydrogen (secondary N) is 1. The highest BCUT2D eigenvalue weighted by Crippen LogP contribution is 2.32. The summed E-state index contributed by atoms with van der Waals surface area (Å²) < 4.78 is 5.39. The van der Waals surface area contributed by atoms with Crippen LogP contribution in [-0.2, 0) is 4.74 Å². The molecule has 2 unspecified atom stereocenters. The van der Waals surface area contributed by atoms with E-state index in [0.717, 1.165) is 38.3 Å². The van der Waals surface area contributed by atoms with Gasteiger partial charge in [0.15, 0.2) is 0 Å². The SMILES string of the molecule is CC(C)NCC1CCC1N1CCOCC1. The van der Waals surface area contributed by atoms with E-state index in [1.807, 2.05) is 0 Å². The molecule has 2 rings (SSSR count). The third kappa shape index (κ3) is 2.92. The van der Waals surface area contributed by atoms with Gasteiger partial charge in [0, 0.05) is 25.2 Å². The van der Waals surface area contributed by atoms with E-state index in [1.165, 1.54) is 19.4 Å². The van der Waals surface area contributed by atoms with Crippen LogP contribution in [0.2, 0.25) is 0 Å². The molecule has 2 fully saturated rings. The lowest BCUT2D eigenvalue weighted by atomic mass is 9.78. The highest BCUT2D eigenvalue weighted by atomic mass is 16.5. The molecule has 0 spiro atoms. The van der Waals surface area contributed by atoms with Crippen LogP contribution in [-0.4, -0.2) is 49.8 Å². The number of hydrogen-bond donors (Lipinski definition) is 1. The van der Waals surface area contributed by atoms with E-state index in [9.17, 15) is 0 Å². The van der Waals surface area contributed by atoms with Crippen molar-refractivity contribution in [3.8, 4) is 0 Å². The minimum atomic E-state index is 0.621. The van der Waals surface area contributed by atoms with Crippen LogP contribution in [0.25, 0.3) is 0 Å². The Bertz CT molecular complexity index is 190. The van der Waals surface area contributed by atoms with Gasteiger partial charge in [-0.05, 0) is 25.3 Å². The molecule has 1 saturated heterocycles. The van der Waals surface area contributed by atoms with E-state index in [-0.39, 0.29) is 0 Å². The maximum Gasteiger partial charge on any atom is 0.0594 e. The number of hydrogen-bond acceptors (Lipinski definition) is 3. The maximum atomic E-state index is 5.39. The number of morpholine rings is 1. The molecule has 1 saturated carbocycles. The summed E-state index contributed by atoms with van der Waals surface area (Å²) in [7, 11) is 0. The summed E-state index contributed by atoms with van der Waals surface area (Å²) in [4.78, 5) is 2.62. The minimum absolute atomic E-state index is 0.621. The molecule has 1 N–H and O–H groups in total. The molecule has 1 heterocycles. The molecule has 0 aromatic rings. The van der Waals surface area contributed by atoms with Crippen molar-refractivity contribution in [1.29, 1.82) is 0 Å². The second-order valence-electron chi connectivity index (χ2n) is 5.12. The van der Waals surface area contributed by atoms with E-state index < -0.39 is 0 Å². The fourth-order valence-corrected chi connectivity index (χ4v) is 2.57. The van der Waals surface area contributed by atoms with Crippen LogP contribution in [0.5, 0.6) is 0 Å². The third-order valence-electron chi connectivity index (χ3n) is 3.68. The molecule has 2 aliphatic rings. The summed E-state index contributed by atoms with van der Waals surface area (Å²) in [5.41, 5.74) is 0. The third-order valence-corrected chi connectivity index (χ3v) is 3.68. The lowest BCUT2D eigenvalue weighted by Crippen LogP contribution is -2.54. The fraction of sp³-hybridized carbons (Fsp3) is 1.00. The molecule has 0 radical (unpaired) electrons. The first-order chi connectivity index (χ1) is 7.27. The van der Waals surface area contributed by atoms with Gasteiger partial charge in [-0.15, -0.1) is 0 Å². The molecule has 1 aliphatic carbocycles. The first-order valence-electron chi connectivity index (χ1n) is 6.32. The standard InChI is InChI=1S/C12H24N2O/c1-10(2)13-9-11-3-4-12(11)14-5-7-15-8-6-14/h10-13H,3-9H2,1-2H3. The molecule has 0 bridgehead atoms. The Labute approximate surface area is 93.2 Å². The van der Waals surface area contributed by atoms with E-state index in [4.69, 9.17) is 4.74 Å². The van der Waals surface area contributed by atoms with Crippen molar-refractivity contribution in [3.63, 3.8) is 0 Å². The maximum absolute atomic E-state index is 5.39. The van der Waals surface area contributed by atoms with Crippen LogP contribution < -0.4 is 5.32 Å². The quantitative estimate of drug-likeness (QED) is 0.755. The molecule has 0 aromatic heterocycles. The van der Waals surface area contributed by atoms with Crippen molar-refractivity contribution >= 4 is 0 Å². The number of ether oxygens (including phenoxy) is 1. The molecular weight excluding hydrogens is 188 g/mol. The minimum Gasteiger partial charge on any atom is -0.379 e. The topological polar surface area (TPSA) is 24.5 Å². The Kier molecular flexibility index (Phi) is 4.00. The van der Waals surface area contributed by atoms with Crippen LogP contribution in [0.3, 0.4) is 0 Å². The van der Waals surface area contributed by atoms with Gasteiger partial charge < -0.3 is 10.1 Å². The summed E-state index contributed by atoms with van der Waals surface area (Å²) in [6.07, 6.45) is 2.80. The van der Waals surface area contributed by atoms with E-state index in [0.29, 0.717) is 6.04 Å². The van der Waals surface area contributed by atoms with Crippen molar-refractivity contribution in [1.82, 2.24) is 10.2 Å². The molecule has 3 nitrogen and oxygen atoms in total. The Morgan fingerprint density at radius 2 is 2.00 bits per heavy atom. The molecule has 3 heteroatoms. The Hall–Kier alpha value is -0.120. The van der Waals surface area contributed by atoms with Crippen molar-refractivity contribution in [3.05, 3.63) is 0 Å². The number of nitrogens with zero attached hydrogens (tertiary/aromatic N) is 1. The summed E-state index contributed by atoms with van der Waals surface area (Å²) >= 11 is 0. The van der Waals surface area contributed by atoms with Gasteiger partial charge in [0.05, 0.1) is 13.2 Å². The van der Waals surface area contributed by atoms with Crippen LogP contribution >= 0.6 is 0 Å². The molecule has 15 heavy (non-hydrogen) atoms. The Morgan fingerprint density at radius 3 is 2.53 bits per heavy atom. The van der Waals surface area contributed by atoms with Crippen LogP contribution in [0, 0.1) is 5.92 Å². The van der Waals surface area contributed by atoms with Gasteiger partial charge in [-0.25, -0.2) is 0 Å². The van der Waals surface area contributed by atoms with Crippen molar-refractivity contribution in [2.45, 2.75) is 38.8 Å². The first kappa shape index (κ1) is 11.4. The largest absolute Gasteiger partial charge is 0.379 e. The first-order valence-corrected chi connectivity index (χ1v) is 6.32. The second kappa shape index (κ2) is 5.28. The predicted molar refractivity (Wildman–Crippen MR) is 62.0 cm³/mol. The molecular formula is C12H24N2O. The fourth-order valence-electron chi connectivity index (χ4n) is 2.57. The van der Waals surface area contributed by atoms with E-state index in [1.54, 1.807) is 0 Å². The van der Waals surface area contributed by atoms with Gasteiger partial charge in [-0.1, -0.05) is 13.8 Å². The van der Waals surface area contributed by atoms with Crippen molar-refractivity contribution < 1.29 is 4.74 Å². The molecule has 1 aliphatic heterocycles. The Morgan fingerprint density at radius 1 is 1.27 bits per heavy atom. The Balaban J connectivity index is 1.73. The van der Waals surface area contributed by atoms with Gasteiger partial charge in [-0.3, -0.25) is 4.90 Å². The van der Waals surface area contributed by atoms with Crippen LogP contribution in [0.4, 0.5) is 0 Å². The molecule has 0 amide bonds. The summed E-state index contributed by atoms with van der Waals surface area (Å²) in [6, 6.07) is 1.45. The van der Waals surface area contributed by atoms with Crippen LogP contribution in [0.15, 0.2) is 0 Å². The lowest BCUT2D eigenvalue weighted by Gasteiger charge is -2.46. The van der Waals surface area contributed by atoms with Crippen molar-refractivity contribution in [2.24, 2.45) is 5.92 Å². The highest BCUT2D eigenvalue weighted by molar-refractivity contribution is 4.90. The van der Waals surface area contributed by atoms with E-state index in [2.05, 4.69) is 24.1 Å². The predicted octanol–water partition coefficient (Wildman–Crippen LogP) is 1.10. The van der Waals surface area contributed by atoms with E-state index >= 15 is 0 Å². The van der Waals surface area contributed by atoms with Gasteiger partial charge in [-0.2, -0.15) is 0 Å². The van der Waals surface area contributed by atoms with Crippen molar-refractivity contribution in [2.75, 3.05) is 32.8 Å². The smallest absolute Gasteiger partial charge is 0.0594 e. The zero-order chi connectivity index (χ0) is 10.7. The summed E-state index contributed by atoms with van der Waals surface area (Å²) in [5.74, 6) is 0.880. The normalized spacial score (nSPS) is 33.0. The zero-order valence-electron chi connectivity index (χ0n) is 10.0. The molecule has 2 atom stereocenters. The average molecular weight is 212 g/mol. The average Bonchev–Trinajstić information content (AvgIpc) is 2.17. The summed E-state index contributed by atoms with van der Waals surface area (Å²) in [5, 5.41) is 3.56. The highest BCUT2D eigenvalue weighted by Gasteiger charge is 2.35. The monoisotopic (exact) mass is 212 g/mol. The molecule has 88 valence electrons. The van der Waals surface area contributed by atoms with Crippen LogP contribution in [0.1, 0.15) is 26.7 Å². The number of rotatable bonds is 4. The van der Waals surface area contributed by atoms with Gasteiger partial charge >= 0.3 is 0 Å². The van der Waals surface area contributed by atoms with Gasteiger partial charge in [0.25, 0.3) is 0 Å². The second-order valence-corrected chi connectivity index (χ2v) is 5.12. The van der Waals surface area contributed by atoms with Gasteiger partial charge in [0.2, 0.25) is 0 Å². The van der Waals surface area contributed by atoms with Gasteiger partial charge in [0.1, 0.15) is 0 Å². The molecule has 0 aromatic carbocycles.